The molecule has 94 valence electrons. The lowest BCUT2D eigenvalue weighted by Gasteiger charge is -2.05. The number of thiazole rings is 1. The second kappa shape index (κ2) is 5.11. The van der Waals surface area contributed by atoms with Gasteiger partial charge in [0.1, 0.15) is 17.2 Å². The number of aryl methyl sites for hydroxylation is 1. The van der Waals surface area contributed by atoms with Crippen LogP contribution in [0.5, 0.6) is 0 Å². The number of amides is 1. The average molecular weight is 333 g/mol. The second-order valence-electron chi connectivity index (χ2n) is 3.47. The van der Waals surface area contributed by atoms with Crippen LogP contribution in [0.15, 0.2) is 22.8 Å². The first-order valence-corrected chi connectivity index (χ1v) is 6.46. The molecule has 3 nitrogen and oxygen atoms in total. The van der Waals surface area contributed by atoms with Crippen molar-refractivity contribution < 1.29 is 13.6 Å². The van der Waals surface area contributed by atoms with E-state index in [9.17, 15) is 13.6 Å². The Hall–Kier alpha value is -1.34. The lowest BCUT2D eigenvalue weighted by molar-refractivity contribution is 0.101. The SMILES string of the molecule is Cc1cnc(NC(=O)c2c(F)cc(Br)cc2F)s1. The van der Waals surface area contributed by atoms with Crippen LogP contribution in [0.25, 0.3) is 0 Å². The van der Waals surface area contributed by atoms with Crippen LogP contribution in [-0.2, 0) is 0 Å². The van der Waals surface area contributed by atoms with Gasteiger partial charge >= 0.3 is 0 Å². The van der Waals surface area contributed by atoms with Crippen molar-refractivity contribution in [1.82, 2.24) is 4.98 Å². The first kappa shape index (κ1) is 13.1. The van der Waals surface area contributed by atoms with Gasteiger partial charge in [-0.15, -0.1) is 11.3 Å². The molecule has 2 aromatic rings. The third-order valence-corrected chi connectivity index (χ3v) is 3.36. The second-order valence-corrected chi connectivity index (χ2v) is 5.63. The molecule has 1 aromatic heterocycles. The fraction of sp³-hybridized carbons (Fsp3) is 0.0909. The number of hydrogen-bond acceptors (Lipinski definition) is 3. The van der Waals surface area contributed by atoms with Crippen molar-refractivity contribution in [1.29, 1.82) is 0 Å². The van der Waals surface area contributed by atoms with Crippen molar-refractivity contribution in [2.45, 2.75) is 6.92 Å². The number of benzene rings is 1. The summed E-state index contributed by atoms with van der Waals surface area (Å²) in [4.78, 5) is 16.5. The van der Waals surface area contributed by atoms with Crippen LogP contribution in [0.2, 0.25) is 0 Å². The van der Waals surface area contributed by atoms with Gasteiger partial charge in [-0.25, -0.2) is 13.8 Å². The summed E-state index contributed by atoms with van der Waals surface area (Å²) < 4.78 is 27.3. The van der Waals surface area contributed by atoms with E-state index in [2.05, 4.69) is 26.2 Å². The van der Waals surface area contributed by atoms with Crippen molar-refractivity contribution in [2.24, 2.45) is 0 Å². The Bertz CT molecular complexity index is 592. The molecule has 1 N–H and O–H groups in total. The Morgan fingerprint density at radius 3 is 2.50 bits per heavy atom. The maximum absolute atomic E-state index is 13.5. The van der Waals surface area contributed by atoms with Gasteiger partial charge in [0, 0.05) is 15.5 Å². The molecule has 2 rings (SSSR count). The van der Waals surface area contributed by atoms with Gasteiger partial charge < -0.3 is 0 Å². The van der Waals surface area contributed by atoms with Crippen LogP contribution in [-0.4, -0.2) is 10.9 Å². The Labute approximate surface area is 114 Å². The van der Waals surface area contributed by atoms with E-state index in [1.807, 2.05) is 6.92 Å². The molecule has 1 aromatic carbocycles. The summed E-state index contributed by atoms with van der Waals surface area (Å²) in [7, 11) is 0. The zero-order valence-electron chi connectivity index (χ0n) is 9.13. The van der Waals surface area contributed by atoms with Gasteiger partial charge in [-0.1, -0.05) is 15.9 Å². The summed E-state index contributed by atoms with van der Waals surface area (Å²) in [6, 6.07) is 2.07. The minimum Gasteiger partial charge on any atom is -0.298 e. The minimum atomic E-state index is -0.923. The topological polar surface area (TPSA) is 42.0 Å². The lowest BCUT2D eigenvalue weighted by atomic mass is 10.2. The van der Waals surface area contributed by atoms with Crippen LogP contribution < -0.4 is 5.32 Å². The van der Waals surface area contributed by atoms with Crippen molar-refractivity contribution >= 4 is 38.3 Å². The lowest BCUT2D eigenvalue weighted by Crippen LogP contribution is -2.15. The van der Waals surface area contributed by atoms with E-state index in [0.717, 1.165) is 17.0 Å². The Kier molecular flexibility index (Phi) is 3.72. The molecule has 0 bridgehead atoms. The summed E-state index contributed by atoms with van der Waals surface area (Å²) >= 11 is 4.17. The molecule has 7 heteroatoms. The van der Waals surface area contributed by atoms with Crippen LogP contribution >= 0.6 is 27.3 Å². The fourth-order valence-corrected chi connectivity index (χ4v) is 2.39. The molecule has 0 fully saturated rings. The fourth-order valence-electron chi connectivity index (χ4n) is 1.33. The number of carbonyl (C=O) groups is 1. The highest BCUT2D eigenvalue weighted by molar-refractivity contribution is 9.10. The van der Waals surface area contributed by atoms with Crippen molar-refractivity contribution in [3.63, 3.8) is 0 Å². The van der Waals surface area contributed by atoms with Gasteiger partial charge in [-0.2, -0.15) is 0 Å². The molecule has 0 aliphatic rings. The standard InChI is InChI=1S/C11H7BrF2N2OS/c1-5-4-15-11(18-5)16-10(17)9-7(13)2-6(12)3-8(9)14/h2-4H,1H3,(H,15,16,17). The first-order valence-electron chi connectivity index (χ1n) is 4.85. The van der Waals surface area contributed by atoms with Crippen molar-refractivity contribution in [3.05, 3.63) is 44.9 Å². The molecular weight excluding hydrogens is 326 g/mol. The number of anilines is 1. The predicted molar refractivity (Wildman–Crippen MR) is 68.9 cm³/mol. The highest BCUT2D eigenvalue weighted by Gasteiger charge is 2.19. The molecule has 0 aliphatic carbocycles. The number of hydrogen-bond donors (Lipinski definition) is 1. The van der Waals surface area contributed by atoms with Gasteiger partial charge in [-0.05, 0) is 19.1 Å². The molecule has 0 saturated heterocycles. The van der Waals surface area contributed by atoms with E-state index in [4.69, 9.17) is 0 Å². The van der Waals surface area contributed by atoms with E-state index >= 15 is 0 Å². The molecule has 1 amide bonds. The normalized spacial score (nSPS) is 10.4. The number of nitrogens with zero attached hydrogens (tertiary/aromatic N) is 1. The van der Waals surface area contributed by atoms with Crippen LogP contribution in [0.1, 0.15) is 15.2 Å². The van der Waals surface area contributed by atoms with Crippen molar-refractivity contribution in [3.8, 4) is 0 Å². The minimum absolute atomic E-state index is 0.235. The summed E-state index contributed by atoms with van der Waals surface area (Å²) in [5.41, 5.74) is -0.619. The largest absolute Gasteiger partial charge is 0.298 e. The van der Waals surface area contributed by atoms with E-state index in [0.29, 0.717) is 5.13 Å². The maximum Gasteiger partial charge on any atom is 0.263 e. The third-order valence-electron chi connectivity index (χ3n) is 2.08. The molecule has 1 heterocycles. The summed E-state index contributed by atoms with van der Waals surface area (Å²) in [5, 5.41) is 2.66. The van der Waals surface area contributed by atoms with Gasteiger partial charge in [-0.3, -0.25) is 10.1 Å². The highest BCUT2D eigenvalue weighted by Crippen LogP contribution is 2.22. The van der Waals surface area contributed by atoms with Gasteiger partial charge in [0.2, 0.25) is 0 Å². The molecule has 0 aliphatic heterocycles. The zero-order chi connectivity index (χ0) is 13.3. The van der Waals surface area contributed by atoms with Gasteiger partial charge in [0.15, 0.2) is 5.13 Å². The maximum atomic E-state index is 13.5. The number of halogens is 3. The zero-order valence-corrected chi connectivity index (χ0v) is 11.5. The molecule has 0 saturated carbocycles. The highest BCUT2D eigenvalue weighted by atomic mass is 79.9. The number of aromatic nitrogens is 1. The average Bonchev–Trinajstić information content (AvgIpc) is 2.62. The number of rotatable bonds is 2. The summed E-state index contributed by atoms with van der Waals surface area (Å²) in [6.45, 7) is 1.81. The number of carbonyl (C=O) groups excluding carboxylic acids is 1. The number of nitrogens with one attached hydrogen (secondary N) is 1. The quantitative estimate of drug-likeness (QED) is 0.910. The Balaban J connectivity index is 2.29. The van der Waals surface area contributed by atoms with Crippen LogP contribution in [0.4, 0.5) is 13.9 Å². The molecule has 18 heavy (non-hydrogen) atoms. The van der Waals surface area contributed by atoms with E-state index < -0.39 is 23.1 Å². The predicted octanol–water partition coefficient (Wildman–Crippen LogP) is 3.74. The summed E-state index contributed by atoms with van der Waals surface area (Å²) in [6.07, 6.45) is 1.56. The smallest absolute Gasteiger partial charge is 0.263 e. The molecule has 0 atom stereocenters. The van der Waals surface area contributed by atoms with Gasteiger partial charge in [0.25, 0.3) is 5.91 Å². The summed E-state index contributed by atoms with van der Waals surface area (Å²) in [5.74, 6) is -2.70. The van der Waals surface area contributed by atoms with E-state index in [1.165, 1.54) is 11.3 Å². The molecule has 0 radical (unpaired) electrons. The van der Waals surface area contributed by atoms with E-state index in [1.54, 1.807) is 6.20 Å². The molecule has 0 unspecified atom stereocenters. The first-order chi connectivity index (χ1) is 8.47. The Morgan fingerprint density at radius 1 is 1.39 bits per heavy atom. The van der Waals surface area contributed by atoms with Crippen LogP contribution in [0.3, 0.4) is 0 Å². The van der Waals surface area contributed by atoms with Gasteiger partial charge in [0.05, 0.1) is 0 Å². The molecule has 0 spiro atoms. The monoisotopic (exact) mass is 332 g/mol. The third kappa shape index (κ3) is 2.73. The van der Waals surface area contributed by atoms with Crippen LogP contribution in [0, 0.1) is 18.6 Å². The van der Waals surface area contributed by atoms with Crippen molar-refractivity contribution in [2.75, 3.05) is 5.32 Å². The Morgan fingerprint density at radius 2 is 2.00 bits per heavy atom. The van der Waals surface area contributed by atoms with E-state index in [-0.39, 0.29) is 4.47 Å². The molecular formula is C11H7BrF2N2OS.